The molecule has 0 heterocycles. The molecule has 174 valence electrons. The number of carbonyl (C=O) groups is 3. The minimum absolute atomic E-state index is 0.00772. The van der Waals surface area contributed by atoms with Crippen LogP contribution < -0.4 is 21.5 Å². The van der Waals surface area contributed by atoms with Crippen molar-refractivity contribution >= 4 is 40.7 Å². The Hall–Kier alpha value is -4.04. The Bertz CT molecular complexity index is 1190. The lowest BCUT2D eigenvalue weighted by atomic mass is 10.0. The Morgan fingerprint density at radius 1 is 0.765 bits per heavy atom. The normalized spacial score (nSPS) is 10.2. The van der Waals surface area contributed by atoms with Crippen molar-refractivity contribution in [1.29, 1.82) is 0 Å². The molecule has 8 heteroatoms. The Labute approximate surface area is 203 Å². The van der Waals surface area contributed by atoms with Gasteiger partial charge >= 0.3 is 0 Å². The highest BCUT2D eigenvalue weighted by molar-refractivity contribution is 7.80. The van der Waals surface area contributed by atoms with Gasteiger partial charge in [0.05, 0.1) is 0 Å². The number of hydrazine groups is 1. The van der Waals surface area contributed by atoms with E-state index in [0.717, 1.165) is 27.9 Å². The van der Waals surface area contributed by atoms with Crippen LogP contribution in [0.25, 0.3) is 11.1 Å². The Balaban J connectivity index is 1.40. The van der Waals surface area contributed by atoms with Gasteiger partial charge in [-0.3, -0.25) is 30.6 Å². The number of amides is 3. The zero-order valence-electron chi connectivity index (χ0n) is 19.0. The van der Waals surface area contributed by atoms with Crippen molar-refractivity contribution in [2.45, 2.75) is 26.7 Å². The van der Waals surface area contributed by atoms with Gasteiger partial charge in [0.15, 0.2) is 5.11 Å². The van der Waals surface area contributed by atoms with Gasteiger partial charge in [-0.1, -0.05) is 54.6 Å². The molecule has 0 radical (unpaired) electrons. The number of aryl methyl sites for hydroxylation is 2. The summed E-state index contributed by atoms with van der Waals surface area (Å²) in [6, 6.07) is 22.7. The lowest BCUT2D eigenvalue weighted by molar-refractivity contribution is -0.124. The molecular formula is C26H26N4O3S. The Morgan fingerprint density at radius 3 is 2.12 bits per heavy atom. The van der Waals surface area contributed by atoms with Gasteiger partial charge in [0.2, 0.25) is 11.8 Å². The molecule has 0 aliphatic rings. The van der Waals surface area contributed by atoms with Crippen LogP contribution in [-0.4, -0.2) is 22.8 Å². The smallest absolute Gasteiger partial charge is 0.257 e. The maximum atomic E-state index is 12.4. The highest BCUT2D eigenvalue weighted by Crippen LogP contribution is 2.19. The molecule has 0 aliphatic carbocycles. The van der Waals surface area contributed by atoms with Gasteiger partial charge in [0.1, 0.15) is 0 Å². The second-order valence-corrected chi connectivity index (χ2v) is 8.17. The largest absolute Gasteiger partial charge is 0.326 e. The van der Waals surface area contributed by atoms with E-state index in [0.29, 0.717) is 5.56 Å². The highest BCUT2D eigenvalue weighted by Gasteiger charge is 2.11. The molecule has 4 N–H and O–H groups in total. The molecule has 3 amide bonds. The summed E-state index contributed by atoms with van der Waals surface area (Å²) >= 11 is 5.06. The van der Waals surface area contributed by atoms with Crippen LogP contribution in [0.1, 0.15) is 34.3 Å². The molecule has 3 rings (SSSR count). The summed E-state index contributed by atoms with van der Waals surface area (Å²) in [7, 11) is 0. The molecule has 0 saturated heterocycles. The monoisotopic (exact) mass is 474 g/mol. The molecule has 0 bridgehead atoms. The van der Waals surface area contributed by atoms with E-state index in [-0.39, 0.29) is 23.9 Å². The van der Waals surface area contributed by atoms with Gasteiger partial charge in [-0.2, -0.15) is 0 Å². The maximum absolute atomic E-state index is 12.4. The van der Waals surface area contributed by atoms with Gasteiger partial charge in [-0.25, -0.2) is 0 Å². The number of nitrogens with one attached hydrogen (secondary N) is 4. The van der Waals surface area contributed by atoms with Crippen LogP contribution in [0.4, 0.5) is 5.69 Å². The number of rotatable bonds is 6. The Morgan fingerprint density at radius 2 is 1.41 bits per heavy atom. The first kappa shape index (κ1) is 24.6. The van der Waals surface area contributed by atoms with E-state index in [1.54, 1.807) is 12.1 Å². The topological polar surface area (TPSA) is 99.3 Å². The minimum atomic E-state index is -0.431. The van der Waals surface area contributed by atoms with Crippen LogP contribution in [0.15, 0.2) is 72.8 Å². The zero-order chi connectivity index (χ0) is 24.5. The summed E-state index contributed by atoms with van der Waals surface area (Å²) < 4.78 is 0. The molecule has 0 aliphatic heterocycles. The first-order chi connectivity index (χ1) is 16.3. The van der Waals surface area contributed by atoms with Crippen LogP contribution in [0.5, 0.6) is 0 Å². The molecule has 0 atom stereocenters. The van der Waals surface area contributed by atoms with E-state index in [2.05, 4.69) is 21.5 Å². The van der Waals surface area contributed by atoms with Gasteiger partial charge in [-0.05, 0) is 66.5 Å². The molecular weight excluding hydrogens is 448 g/mol. The predicted molar refractivity (Wildman–Crippen MR) is 137 cm³/mol. The average molecular weight is 475 g/mol. The molecule has 34 heavy (non-hydrogen) atoms. The van der Waals surface area contributed by atoms with E-state index < -0.39 is 11.8 Å². The SMILES string of the molecule is Cc1ccc(C)c(NC(=O)CCC(=O)NNC(=S)NC(=O)c2ccc(-c3ccccc3)cc2)c1. The summed E-state index contributed by atoms with van der Waals surface area (Å²) in [5, 5.41) is 5.26. The maximum Gasteiger partial charge on any atom is 0.257 e. The lowest BCUT2D eigenvalue weighted by Crippen LogP contribution is -2.48. The number of hydrogen-bond acceptors (Lipinski definition) is 4. The summed E-state index contributed by atoms with van der Waals surface area (Å²) in [4.78, 5) is 36.6. The van der Waals surface area contributed by atoms with Gasteiger partial charge in [0.25, 0.3) is 5.91 Å². The van der Waals surface area contributed by atoms with Crippen molar-refractivity contribution in [3.63, 3.8) is 0 Å². The second-order valence-electron chi connectivity index (χ2n) is 7.77. The molecule has 7 nitrogen and oxygen atoms in total. The van der Waals surface area contributed by atoms with Gasteiger partial charge < -0.3 is 5.32 Å². The van der Waals surface area contributed by atoms with Gasteiger partial charge in [-0.15, -0.1) is 0 Å². The van der Waals surface area contributed by atoms with Crippen molar-refractivity contribution in [1.82, 2.24) is 16.2 Å². The second kappa shape index (κ2) is 11.7. The number of benzene rings is 3. The van der Waals surface area contributed by atoms with E-state index in [9.17, 15) is 14.4 Å². The van der Waals surface area contributed by atoms with Crippen molar-refractivity contribution in [3.05, 3.63) is 89.5 Å². The predicted octanol–water partition coefficient (Wildman–Crippen LogP) is 4.02. The van der Waals surface area contributed by atoms with Crippen LogP contribution in [-0.2, 0) is 9.59 Å². The van der Waals surface area contributed by atoms with Crippen molar-refractivity contribution in [2.75, 3.05) is 5.32 Å². The molecule has 3 aromatic rings. The molecule has 3 aromatic carbocycles. The van der Waals surface area contributed by atoms with Crippen LogP contribution in [0, 0.1) is 13.8 Å². The third-order valence-corrected chi connectivity index (χ3v) is 5.25. The summed E-state index contributed by atoms with van der Waals surface area (Å²) in [5.41, 5.74) is 10.0. The summed E-state index contributed by atoms with van der Waals surface area (Å²) in [6.45, 7) is 3.84. The third-order valence-electron chi connectivity index (χ3n) is 5.04. The number of hydrogen-bond donors (Lipinski definition) is 4. The average Bonchev–Trinajstić information content (AvgIpc) is 2.84. The molecule has 0 unspecified atom stereocenters. The van der Waals surface area contributed by atoms with E-state index in [1.807, 2.05) is 74.5 Å². The first-order valence-electron chi connectivity index (χ1n) is 10.7. The standard InChI is InChI=1S/C26H26N4O3S/c1-17-8-9-18(2)22(16-17)27-23(31)14-15-24(32)29-30-26(34)28-25(33)21-12-10-20(11-13-21)19-6-4-3-5-7-19/h3-13,16H,14-15H2,1-2H3,(H,27,31)(H,29,32)(H2,28,30,33,34). The number of anilines is 1. The number of thiocarbonyl (C=S) groups is 1. The minimum Gasteiger partial charge on any atom is -0.326 e. The molecule has 0 spiro atoms. The zero-order valence-corrected chi connectivity index (χ0v) is 19.8. The lowest BCUT2D eigenvalue weighted by Gasteiger charge is -2.12. The van der Waals surface area contributed by atoms with Crippen molar-refractivity contribution in [3.8, 4) is 11.1 Å². The Kier molecular flexibility index (Phi) is 8.48. The van der Waals surface area contributed by atoms with Crippen LogP contribution in [0.3, 0.4) is 0 Å². The fourth-order valence-corrected chi connectivity index (χ4v) is 3.29. The van der Waals surface area contributed by atoms with E-state index in [1.165, 1.54) is 0 Å². The molecule has 0 fully saturated rings. The summed E-state index contributed by atoms with van der Waals surface area (Å²) in [6.07, 6.45) is -0.0328. The van der Waals surface area contributed by atoms with Gasteiger partial charge in [0, 0.05) is 24.1 Å². The van der Waals surface area contributed by atoms with Crippen molar-refractivity contribution in [2.24, 2.45) is 0 Å². The van der Waals surface area contributed by atoms with Crippen molar-refractivity contribution < 1.29 is 14.4 Å². The van der Waals surface area contributed by atoms with Crippen LogP contribution >= 0.6 is 12.2 Å². The fourth-order valence-electron chi connectivity index (χ4n) is 3.15. The summed E-state index contributed by atoms with van der Waals surface area (Å²) in [5.74, 6) is -1.10. The molecule has 0 saturated carbocycles. The highest BCUT2D eigenvalue weighted by atomic mass is 32.1. The molecule has 0 aromatic heterocycles. The fraction of sp³-hybridized carbons (Fsp3) is 0.154. The third kappa shape index (κ3) is 7.25. The van der Waals surface area contributed by atoms with E-state index >= 15 is 0 Å². The van der Waals surface area contributed by atoms with Crippen LogP contribution in [0.2, 0.25) is 0 Å². The number of carbonyl (C=O) groups excluding carboxylic acids is 3. The first-order valence-corrected chi connectivity index (χ1v) is 11.2. The van der Waals surface area contributed by atoms with E-state index in [4.69, 9.17) is 12.2 Å². The quantitative estimate of drug-likeness (QED) is 0.319.